The molecule has 2 aromatic heterocycles. The molecule has 0 saturated heterocycles. The van der Waals surface area contributed by atoms with E-state index in [1.165, 1.54) is 0 Å². The van der Waals surface area contributed by atoms with Crippen molar-refractivity contribution in [3.8, 4) is 11.4 Å². The number of para-hydroxylation sites is 4. The standard InChI is InChI=1S/C26H24N6O2/c1-31-22-12-6-5-11-20(22)30-26(31)21(15-19-9-3-2-4-10-19)29-25(33)16-34-24-14-8-7-13-23(24)32-17-27-28-18-32/h2-14,17-18,21H,15-16H2,1H3,(H,29,33). The monoisotopic (exact) mass is 452 g/mol. The zero-order valence-corrected chi connectivity index (χ0v) is 18.7. The third-order valence-electron chi connectivity index (χ3n) is 5.67. The van der Waals surface area contributed by atoms with Crippen molar-refractivity contribution in [2.45, 2.75) is 12.5 Å². The number of amides is 1. The number of aryl methyl sites for hydroxylation is 1. The minimum absolute atomic E-state index is 0.131. The van der Waals surface area contributed by atoms with Crippen molar-refractivity contribution >= 4 is 16.9 Å². The summed E-state index contributed by atoms with van der Waals surface area (Å²) in [6, 6.07) is 25.2. The van der Waals surface area contributed by atoms with E-state index in [-0.39, 0.29) is 18.6 Å². The van der Waals surface area contributed by atoms with Crippen LogP contribution in [-0.4, -0.2) is 36.8 Å². The van der Waals surface area contributed by atoms with E-state index in [2.05, 4.69) is 15.5 Å². The lowest BCUT2D eigenvalue weighted by atomic mass is 10.1. The molecule has 170 valence electrons. The molecule has 0 aliphatic rings. The average molecular weight is 453 g/mol. The maximum absolute atomic E-state index is 13.0. The van der Waals surface area contributed by atoms with Crippen LogP contribution in [0.5, 0.6) is 5.75 Å². The predicted octanol–water partition coefficient (Wildman–Crippen LogP) is 3.63. The molecule has 1 atom stereocenters. The highest BCUT2D eigenvalue weighted by molar-refractivity contribution is 5.79. The summed E-state index contributed by atoms with van der Waals surface area (Å²) in [6.07, 6.45) is 3.79. The number of hydrogen-bond acceptors (Lipinski definition) is 5. The quantitative estimate of drug-likeness (QED) is 0.389. The molecule has 0 aliphatic heterocycles. The zero-order valence-electron chi connectivity index (χ0n) is 18.7. The molecular weight excluding hydrogens is 428 g/mol. The Bertz CT molecular complexity index is 1400. The lowest BCUT2D eigenvalue weighted by molar-refractivity contribution is -0.123. The fourth-order valence-electron chi connectivity index (χ4n) is 4.03. The molecule has 0 aliphatic carbocycles. The Balaban J connectivity index is 1.36. The summed E-state index contributed by atoms with van der Waals surface area (Å²) in [5.41, 5.74) is 3.78. The van der Waals surface area contributed by atoms with Gasteiger partial charge in [0.15, 0.2) is 6.61 Å². The second-order valence-corrected chi connectivity index (χ2v) is 7.95. The van der Waals surface area contributed by atoms with Gasteiger partial charge in [-0.25, -0.2) is 4.98 Å². The van der Waals surface area contributed by atoms with Crippen LogP contribution in [0.3, 0.4) is 0 Å². The van der Waals surface area contributed by atoms with Crippen LogP contribution in [0.25, 0.3) is 16.7 Å². The van der Waals surface area contributed by atoms with Crippen LogP contribution in [0.4, 0.5) is 0 Å². The van der Waals surface area contributed by atoms with E-state index in [1.807, 2.05) is 90.5 Å². The number of benzene rings is 3. The van der Waals surface area contributed by atoms with Crippen molar-refractivity contribution in [3.63, 3.8) is 0 Å². The van der Waals surface area contributed by atoms with Crippen LogP contribution >= 0.6 is 0 Å². The Morgan fingerprint density at radius 2 is 1.65 bits per heavy atom. The van der Waals surface area contributed by atoms with Gasteiger partial charge in [-0.3, -0.25) is 9.36 Å². The molecule has 5 aromatic rings. The highest BCUT2D eigenvalue weighted by Gasteiger charge is 2.22. The maximum Gasteiger partial charge on any atom is 0.258 e. The number of aromatic nitrogens is 5. The molecule has 0 spiro atoms. The summed E-state index contributed by atoms with van der Waals surface area (Å²) < 4.78 is 9.66. The first-order chi connectivity index (χ1) is 16.7. The van der Waals surface area contributed by atoms with Gasteiger partial charge in [0.2, 0.25) is 0 Å². The summed E-state index contributed by atoms with van der Waals surface area (Å²) in [7, 11) is 1.97. The Morgan fingerprint density at radius 3 is 2.44 bits per heavy atom. The minimum atomic E-state index is -0.316. The minimum Gasteiger partial charge on any atom is -0.482 e. The van der Waals surface area contributed by atoms with E-state index in [1.54, 1.807) is 17.2 Å². The molecule has 1 amide bonds. The number of rotatable bonds is 8. The smallest absolute Gasteiger partial charge is 0.258 e. The molecule has 2 heterocycles. The van der Waals surface area contributed by atoms with Gasteiger partial charge < -0.3 is 14.6 Å². The van der Waals surface area contributed by atoms with Crippen LogP contribution in [0.15, 0.2) is 91.5 Å². The number of fused-ring (bicyclic) bond motifs is 1. The number of carbonyl (C=O) groups is 1. The second kappa shape index (κ2) is 9.58. The fraction of sp³-hybridized carbons (Fsp3) is 0.154. The number of nitrogens with one attached hydrogen (secondary N) is 1. The molecule has 0 fully saturated rings. The topological polar surface area (TPSA) is 86.9 Å². The predicted molar refractivity (Wildman–Crippen MR) is 129 cm³/mol. The van der Waals surface area contributed by atoms with Gasteiger partial charge in [-0.1, -0.05) is 54.6 Å². The van der Waals surface area contributed by atoms with Crippen molar-refractivity contribution < 1.29 is 9.53 Å². The first-order valence-corrected chi connectivity index (χ1v) is 11.0. The zero-order chi connectivity index (χ0) is 23.3. The summed E-state index contributed by atoms with van der Waals surface area (Å²) in [4.78, 5) is 17.8. The van der Waals surface area contributed by atoms with Crippen molar-refractivity contribution in [2.75, 3.05) is 6.61 Å². The van der Waals surface area contributed by atoms with Gasteiger partial charge in [-0.05, 0) is 36.2 Å². The summed E-state index contributed by atoms with van der Waals surface area (Å²) in [5.74, 6) is 1.13. The second-order valence-electron chi connectivity index (χ2n) is 7.95. The van der Waals surface area contributed by atoms with E-state index in [0.717, 1.165) is 28.1 Å². The molecule has 34 heavy (non-hydrogen) atoms. The molecule has 0 bridgehead atoms. The fourth-order valence-corrected chi connectivity index (χ4v) is 4.03. The van der Waals surface area contributed by atoms with Crippen LogP contribution in [-0.2, 0) is 18.3 Å². The van der Waals surface area contributed by atoms with Gasteiger partial charge in [0.1, 0.15) is 24.2 Å². The van der Waals surface area contributed by atoms with E-state index in [0.29, 0.717) is 12.2 Å². The first kappa shape index (κ1) is 21.4. The lowest BCUT2D eigenvalue weighted by Crippen LogP contribution is -2.35. The lowest BCUT2D eigenvalue weighted by Gasteiger charge is -2.19. The van der Waals surface area contributed by atoms with Gasteiger partial charge in [0.05, 0.1) is 22.8 Å². The number of hydrogen-bond donors (Lipinski definition) is 1. The summed E-state index contributed by atoms with van der Waals surface area (Å²) in [5, 5.41) is 10.8. The molecule has 8 nitrogen and oxygen atoms in total. The van der Waals surface area contributed by atoms with Gasteiger partial charge in [0, 0.05) is 7.05 Å². The average Bonchev–Trinajstić information content (AvgIpc) is 3.52. The highest BCUT2D eigenvalue weighted by Crippen LogP contribution is 2.24. The highest BCUT2D eigenvalue weighted by atomic mass is 16.5. The normalized spacial score (nSPS) is 11.9. The maximum atomic E-state index is 13.0. The van der Waals surface area contributed by atoms with Crippen molar-refractivity contribution in [1.29, 1.82) is 0 Å². The molecular formula is C26H24N6O2. The Labute approximate surface area is 196 Å². The van der Waals surface area contributed by atoms with E-state index in [4.69, 9.17) is 9.72 Å². The number of carbonyl (C=O) groups excluding carboxylic acids is 1. The number of imidazole rings is 1. The first-order valence-electron chi connectivity index (χ1n) is 11.0. The van der Waals surface area contributed by atoms with Gasteiger partial charge in [-0.2, -0.15) is 0 Å². The van der Waals surface area contributed by atoms with Crippen LogP contribution < -0.4 is 10.1 Å². The third kappa shape index (κ3) is 4.52. The SMILES string of the molecule is Cn1c(C(Cc2ccccc2)NC(=O)COc2ccccc2-n2cnnc2)nc2ccccc21. The number of ether oxygens (including phenoxy) is 1. The molecule has 8 heteroatoms. The molecule has 0 saturated carbocycles. The molecule has 0 radical (unpaired) electrons. The molecule has 5 rings (SSSR count). The molecule has 1 N–H and O–H groups in total. The number of nitrogens with zero attached hydrogens (tertiary/aromatic N) is 5. The Hall–Kier alpha value is -4.46. The summed E-state index contributed by atoms with van der Waals surface area (Å²) in [6.45, 7) is -0.131. The molecule has 1 unspecified atom stereocenters. The molecule has 3 aromatic carbocycles. The van der Waals surface area contributed by atoms with Crippen LogP contribution in [0, 0.1) is 0 Å². The van der Waals surface area contributed by atoms with Crippen molar-refractivity contribution in [1.82, 2.24) is 29.6 Å². The Morgan fingerprint density at radius 1 is 0.941 bits per heavy atom. The van der Waals surface area contributed by atoms with Gasteiger partial charge in [0.25, 0.3) is 5.91 Å². The summed E-state index contributed by atoms with van der Waals surface area (Å²) >= 11 is 0. The van der Waals surface area contributed by atoms with E-state index < -0.39 is 0 Å². The van der Waals surface area contributed by atoms with Crippen molar-refractivity contribution in [2.24, 2.45) is 7.05 Å². The third-order valence-corrected chi connectivity index (χ3v) is 5.67. The largest absolute Gasteiger partial charge is 0.482 e. The van der Waals surface area contributed by atoms with Crippen molar-refractivity contribution in [3.05, 3.63) is 103 Å². The van der Waals surface area contributed by atoms with Gasteiger partial charge >= 0.3 is 0 Å². The van der Waals surface area contributed by atoms with Crippen LogP contribution in [0.1, 0.15) is 17.4 Å². The van der Waals surface area contributed by atoms with E-state index >= 15 is 0 Å². The van der Waals surface area contributed by atoms with Crippen LogP contribution in [0.2, 0.25) is 0 Å². The van der Waals surface area contributed by atoms with Gasteiger partial charge in [-0.15, -0.1) is 10.2 Å². The Kier molecular flexibility index (Phi) is 6.03. The van der Waals surface area contributed by atoms with E-state index in [9.17, 15) is 4.79 Å².